The summed E-state index contributed by atoms with van der Waals surface area (Å²) in [6.45, 7) is 0.863. The summed E-state index contributed by atoms with van der Waals surface area (Å²) in [6.07, 6.45) is 1.69. The van der Waals surface area contributed by atoms with Crippen LogP contribution < -0.4 is 19.9 Å². The summed E-state index contributed by atoms with van der Waals surface area (Å²) in [5, 5.41) is 0. The van der Waals surface area contributed by atoms with Gasteiger partial charge in [-0.1, -0.05) is 82.8 Å². The Morgan fingerprint density at radius 2 is 1.00 bits per heavy atom. The molecule has 0 saturated carbocycles. The van der Waals surface area contributed by atoms with Gasteiger partial charge in [0, 0.05) is 54.1 Å². The molecule has 1 atom stereocenters. The Morgan fingerprint density at radius 1 is 0.561 bits per heavy atom. The summed E-state index contributed by atoms with van der Waals surface area (Å²) in [4.78, 5) is 35.9. The fourth-order valence-electron chi connectivity index (χ4n) is 8.03. The Labute approximate surface area is 340 Å². The number of carbonyl (C=O) groups excluding carboxylic acids is 1. The van der Waals surface area contributed by atoms with Crippen molar-refractivity contribution in [1.82, 2.24) is 19.9 Å². The van der Waals surface area contributed by atoms with Crippen LogP contribution in [0.2, 0.25) is 0 Å². The Balaban J connectivity index is 0.00000422. The zero-order valence-electron chi connectivity index (χ0n) is 30.8. The molecular weight excluding hydrogens is 756 g/mol. The van der Waals surface area contributed by atoms with E-state index < -0.39 is 5.92 Å². The molecule has 57 heavy (non-hydrogen) atoms. The molecule has 3 aliphatic heterocycles. The van der Waals surface area contributed by atoms with E-state index in [1.54, 1.807) is 0 Å². The second-order valence-electron chi connectivity index (χ2n) is 14.2. The van der Waals surface area contributed by atoms with Gasteiger partial charge in [0.1, 0.15) is 6.61 Å². The molecule has 11 rings (SSSR count). The monoisotopic (exact) mass is 791 g/mol. The van der Waals surface area contributed by atoms with E-state index in [4.69, 9.17) is 29.4 Å². The number of rotatable bonds is 7. The maximum atomic E-state index is 14.6. The van der Waals surface area contributed by atoms with Crippen LogP contribution in [0.5, 0.6) is 0 Å². The van der Waals surface area contributed by atoms with Gasteiger partial charge in [-0.2, -0.15) is 0 Å². The molecule has 8 aromatic rings. The molecule has 1 fully saturated rings. The molecule has 0 unspecified atom stereocenters. The third-order valence-corrected chi connectivity index (χ3v) is 10.7. The maximum absolute atomic E-state index is 14.6. The van der Waals surface area contributed by atoms with E-state index >= 15 is 0 Å². The third kappa shape index (κ3) is 6.82. The average Bonchev–Trinajstić information content (AvgIpc) is 4.09. The summed E-state index contributed by atoms with van der Waals surface area (Å²) in [6, 6.07) is 52.8. The van der Waals surface area contributed by atoms with E-state index in [-0.39, 0.29) is 35.7 Å². The molecule has 7 nitrogen and oxygen atoms in total. The number of benzene rings is 4. The van der Waals surface area contributed by atoms with Crippen molar-refractivity contribution in [3.63, 3.8) is 0 Å². The fraction of sp³-hybridized carbons (Fsp3) is 0.122. The van der Waals surface area contributed by atoms with Crippen LogP contribution in [0, 0.1) is 0 Å². The van der Waals surface area contributed by atoms with Crippen LogP contribution in [0.15, 0.2) is 158 Å². The first-order chi connectivity index (χ1) is 27.7. The van der Waals surface area contributed by atoms with Crippen LogP contribution >= 0.6 is 0 Å². The zero-order chi connectivity index (χ0) is 37.4. The zero-order valence-corrected chi connectivity index (χ0v) is 31.8. The SMILES string of the molecule is O=C(OC[C@H]1CCCO1)C1c2[n-]c1c(-c1ccccc1)c1ccc([n-]1)[c+](-c1ccccc1)c1ccc([n-]1)[c+](-c1ccccc1)c1ccc([n-]1)c2-c1ccccc1.[Cu+2]. The van der Waals surface area contributed by atoms with Gasteiger partial charge in [-0.25, -0.2) is 0 Å². The Kier molecular flexibility index (Phi) is 9.99. The van der Waals surface area contributed by atoms with Crippen molar-refractivity contribution in [2.45, 2.75) is 24.9 Å². The quantitative estimate of drug-likeness (QED) is 0.0902. The van der Waals surface area contributed by atoms with Crippen molar-refractivity contribution in [3.05, 3.63) is 169 Å². The molecule has 4 aromatic carbocycles. The Morgan fingerprint density at radius 3 is 1.46 bits per heavy atom. The fourth-order valence-corrected chi connectivity index (χ4v) is 8.03. The van der Waals surface area contributed by atoms with Gasteiger partial charge in [0.05, 0.1) is 23.1 Å². The standard InChI is InChI=1S/C49H36N4O3.Cu/c54-49(56-30-35-22-13-29-55-35)46-47-44(33-18-9-3-10-19-33)40-27-25-38(51-40)42(31-14-5-1-6-15-31)36-23-24-37(50-36)43(32-16-7-2-8-17-32)39-26-28-41(52-39)45(48(46)53-47)34-20-11-4-12-21-34;/h1-12,14-21,23-28,35,46H,13,22,29-30H2;/q-2;+2/t35-,46?;/m1./s1. The molecule has 4 aromatic heterocycles. The van der Waals surface area contributed by atoms with Gasteiger partial charge in [-0.05, 0) is 95.7 Å². The number of esters is 1. The van der Waals surface area contributed by atoms with Crippen LogP contribution in [0.4, 0.5) is 0 Å². The smallest absolute Gasteiger partial charge is 0.662 e. The predicted molar refractivity (Wildman–Crippen MR) is 221 cm³/mol. The van der Waals surface area contributed by atoms with Crippen molar-refractivity contribution in [3.8, 4) is 44.5 Å². The van der Waals surface area contributed by atoms with E-state index in [9.17, 15) is 4.79 Å². The van der Waals surface area contributed by atoms with Gasteiger partial charge >= 0.3 is 23.0 Å². The third-order valence-electron chi connectivity index (χ3n) is 10.7. The molecule has 0 amide bonds. The molecule has 1 saturated heterocycles. The normalized spacial score (nSPS) is 14.5. The van der Waals surface area contributed by atoms with Gasteiger partial charge in [-0.15, -0.1) is 22.4 Å². The van der Waals surface area contributed by atoms with Crippen molar-refractivity contribution in [2.24, 2.45) is 0 Å². The minimum atomic E-state index is -0.804. The van der Waals surface area contributed by atoms with Crippen LogP contribution in [0.1, 0.15) is 30.1 Å². The van der Waals surface area contributed by atoms with Crippen LogP contribution in [0.25, 0.3) is 77.6 Å². The van der Waals surface area contributed by atoms with Gasteiger partial charge in [0.15, 0.2) is 0 Å². The molecule has 8 heteroatoms. The summed E-state index contributed by atoms with van der Waals surface area (Å²) >= 11 is 0. The van der Waals surface area contributed by atoms with Gasteiger partial charge < -0.3 is 29.4 Å². The largest absolute Gasteiger partial charge is 2.00 e. The first-order valence-electron chi connectivity index (χ1n) is 19.1. The molecule has 3 aliphatic rings. The second kappa shape index (κ2) is 15.7. The Hall–Kier alpha value is -6.31. The van der Waals surface area contributed by atoms with E-state index in [0.717, 1.165) is 79.4 Å². The number of aromatic nitrogens is 4. The average molecular weight is 792 g/mol. The van der Waals surface area contributed by atoms with E-state index in [1.807, 2.05) is 121 Å². The summed E-state index contributed by atoms with van der Waals surface area (Å²) < 4.78 is 12.0. The van der Waals surface area contributed by atoms with E-state index in [0.29, 0.717) is 29.0 Å². The molecule has 0 spiro atoms. The first kappa shape index (κ1) is 36.3. The van der Waals surface area contributed by atoms with Crippen molar-refractivity contribution in [2.75, 3.05) is 13.2 Å². The van der Waals surface area contributed by atoms with Gasteiger partial charge in [0.2, 0.25) is 0 Å². The van der Waals surface area contributed by atoms with Crippen molar-refractivity contribution >= 4 is 39.1 Å². The van der Waals surface area contributed by atoms with Crippen LogP contribution in [0.3, 0.4) is 0 Å². The molecule has 7 heterocycles. The first-order valence-corrected chi connectivity index (χ1v) is 19.1. The van der Waals surface area contributed by atoms with Crippen molar-refractivity contribution in [1.29, 1.82) is 0 Å². The number of hydrogen-bond acceptors (Lipinski definition) is 3. The number of carbonyl (C=O) groups is 1. The van der Waals surface area contributed by atoms with Crippen molar-refractivity contribution < 1.29 is 31.3 Å². The molecule has 0 aliphatic carbocycles. The second-order valence-corrected chi connectivity index (χ2v) is 14.2. The van der Waals surface area contributed by atoms with Gasteiger partial charge in [-0.3, -0.25) is 4.79 Å². The Bertz CT molecular complexity index is 2660. The minimum Gasteiger partial charge on any atom is -0.662 e. The van der Waals surface area contributed by atoms with E-state index in [2.05, 4.69) is 36.4 Å². The predicted octanol–water partition coefficient (Wildman–Crippen LogP) is 10.1. The minimum absolute atomic E-state index is 0. The van der Waals surface area contributed by atoms with Crippen LogP contribution in [-0.2, 0) is 31.3 Å². The molecule has 1 radical (unpaired) electrons. The number of nitrogens with zero attached hydrogens (tertiary/aromatic N) is 4. The molecular formula is C49H36CuN4O3. The maximum Gasteiger partial charge on any atom is 2.00 e. The molecule has 281 valence electrons. The number of ether oxygens (including phenoxy) is 2. The van der Waals surface area contributed by atoms with Crippen LogP contribution in [-0.4, -0.2) is 25.3 Å². The number of hydrogen-bond donors (Lipinski definition) is 0. The summed E-state index contributed by atoms with van der Waals surface area (Å²) in [7, 11) is 0. The van der Waals surface area contributed by atoms with E-state index in [1.165, 1.54) is 0 Å². The summed E-state index contributed by atoms with van der Waals surface area (Å²) in [5.41, 5.74) is 12.9. The topological polar surface area (TPSA) is 91.9 Å². The summed E-state index contributed by atoms with van der Waals surface area (Å²) in [5.74, 6) is -1.18. The van der Waals surface area contributed by atoms with Gasteiger partial charge in [0.25, 0.3) is 0 Å². The molecule has 8 bridgehead atoms. The molecule has 0 N–H and O–H groups in total.